The van der Waals surface area contributed by atoms with Crippen molar-refractivity contribution in [3.8, 4) is 0 Å². The Morgan fingerprint density at radius 2 is 1.65 bits per heavy atom. The van der Waals surface area contributed by atoms with E-state index in [-0.39, 0.29) is 41.4 Å². The SMILES string of the molecule is [2H]c1c(CN2CCC(n3cc(C4=C(c5c(C)n(CC)c6ccccc56)C(=O)NC4=O)c4cc(C)c(C)cc43)C(C)C2(C)C)nc(C)c(C)c1[2H]. The Hall–Kier alpha value is -4.49. The molecule has 2 aliphatic rings. The molecule has 0 saturated carbocycles. The third kappa shape index (κ3) is 4.85. The number of piperidine rings is 1. The molecule has 0 bridgehead atoms. The number of para-hydroxylation sites is 1. The molecule has 7 nitrogen and oxygen atoms in total. The number of aromatic nitrogens is 3. The van der Waals surface area contributed by atoms with Crippen molar-refractivity contribution in [2.45, 2.75) is 93.4 Å². The van der Waals surface area contributed by atoms with E-state index in [9.17, 15) is 9.59 Å². The summed E-state index contributed by atoms with van der Waals surface area (Å²) in [5.74, 6) is -0.543. The van der Waals surface area contributed by atoms with E-state index in [1.807, 2.05) is 39.0 Å². The molecule has 2 aliphatic heterocycles. The van der Waals surface area contributed by atoms with Crippen LogP contribution in [0, 0.1) is 40.5 Å². The minimum atomic E-state index is -0.362. The van der Waals surface area contributed by atoms with Gasteiger partial charge >= 0.3 is 0 Å². The van der Waals surface area contributed by atoms with Crippen molar-refractivity contribution >= 4 is 44.8 Å². The van der Waals surface area contributed by atoms with Crippen molar-refractivity contribution in [3.05, 3.63) is 99.6 Å². The zero-order valence-electron chi connectivity index (χ0n) is 31.6. The lowest BCUT2D eigenvalue weighted by Crippen LogP contribution is -2.55. The highest BCUT2D eigenvalue weighted by molar-refractivity contribution is 6.51. The molecule has 2 aromatic carbocycles. The van der Waals surface area contributed by atoms with Gasteiger partial charge < -0.3 is 9.13 Å². The summed E-state index contributed by atoms with van der Waals surface area (Å²) in [5, 5.41) is 4.60. The monoisotopic (exact) mass is 643 g/mol. The number of nitrogens with one attached hydrogen (secondary N) is 1. The molecule has 2 amide bonds. The molecular weight excluding hydrogens is 594 g/mol. The second kappa shape index (κ2) is 11.6. The number of rotatable bonds is 6. The number of fused-ring (bicyclic) bond motifs is 2. The molecule has 0 aliphatic carbocycles. The lowest BCUT2D eigenvalue weighted by molar-refractivity contribution is -0.122. The first-order valence-electron chi connectivity index (χ1n) is 18.2. The van der Waals surface area contributed by atoms with Crippen molar-refractivity contribution in [2.24, 2.45) is 5.92 Å². The van der Waals surface area contributed by atoms with Gasteiger partial charge in [0.2, 0.25) is 0 Å². The van der Waals surface area contributed by atoms with Crippen molar-refractivity contribution in [1.82, 2.24) is 24.3 Å². The summed E-state index contributed by atoms with van der Waals surface area (Å²) in [6.07, 6.45) is 2.98. The predicted molar refractivity (Wildman–Crippen MR) is 195 cm³/mol. The van der Waals surface area contributed by atoms with Crippen LogP contribution in [0.4, 0.5) is 0 Å². The molecule has 7 rings (SSSR count). The number of imide groups is 1. The van der Waals surface area contributed by atoms with Crippen LogP contribution in [0.5, 0.6) is 0 Å². The Kier molecular flexibility index (Phi) is 7.15. The average molecular weight is 644 g/mol. The second-order valence-electron chi connectivity index (χ2n) is 14.4. The molecule has 1 N–H and O–H groups in total. The molecule has 0 spiro atoms. The lowest BCUT2D eigenvalue weighted by Gasteiger charge is -2.51. The Balaban J connectivity index is 1.37. The highest BCUT2D eigenvalue weighted by atomic mass is 16.2. The van der Waals surface area contributed by atoms with Crippen LogP contribution >= 0.6 is 0 Å². The minimum Gasteiger partial charge on any atom is -0.345 e. The van der Waals surface area contributed by atoms with Gasteiger partial charge in [0.1, 0.15) is 0 Å². The number of hydrogen-bond donors (Lipinski definition) is 1. The normalized spacial score (nSPS) is 20.6. The van der Waals surface area contributed by atoms with E-state index in [4.69, 9.17) is 7.73 Å². The van der Waals surface area contributed by atoms with Gasteiger partial charge in [-0.15, -0.1) is 0 Å². The van der Waals surface area contributed by atoms with Gasteiger partial charge in [0.25, 0.3) is 11.8 Å². The van der Waals surface area contributed by atoms with Crippen molar-refractivity contribution in [2.75, 3.05) is 6.54 Å². The van der Waals surface area contributed by atoms with Crippen LogP contribution in [0.25, 0.3) is 33.0 Å². The fraction of sp³-hybridized carbons (Fsp3) is 0.390. The van der Waals surface area contributed by atoms with Crippen LogP contribution in [0.15, 0.2) is 54.7 Å². The fourth-order valence-corrected chi connectivity index (χ4v) is 8.16. The Morgan fingerprint density at radius 3 is 2.40 bits per heavy atom. The van der Waals surface area contributed by atoms with Crippen LogP contribution in [-0.4, -0.2) is 42.9 Å². The van der Waals surface area contributed by atoms with E-state index in [0.717, 1.165) is 75.0 Å². The summed E-state index contributed by atoms with van der Waals surface area (Å²) in [6, 6.07) is 13.1. The molecule has 48 heavy (non-hydrogen) atoms. The van der Waals surface area contributed by atoms with Gasteiger partial charge in [-0.2, -0.15) is 0 Å². The number of carbonyl (C=O) groups is 2. The average Bonchev–Trinajstić information content (AvgIpc) is 3.67. The van der Waals surface area contributed by atoms with E-state index in [0.29, 0.717) is 23.4 Å². The van der Waals surface area contributed by atoms with Gasteiger partial charge in [-0.05, 0) is 109 Å². The molecule has 5 heterocycles. The number of pyridine rings is 1. The number of nitrogens with zero attached hydrogens (tertiary/aromatic N) is 4. The zero-order valence-corrected chi connectivity index (χ0v) is 29.6. The summed E-state index contributed by atoms with van der Waals surface area (Å²) in [7, 11) is 0. The largest absolute Gasteiger partial charge is 0.345 e. The van der Waals surface area contributed by atoms with E-state index < -0.39 is 0 Å². The maximum absolute atomic E-state index is 13.9. The Labute approximate surface area is 286 Å². The van der Waals surface area contributed by atoms with E-state index in [1.54, 1.807) is 0 Å². The topological polar surface area (TPSA) is 72.2 Å². The smallest absolute Gasteiger partial charge is 0.259 e. The first kappa shape index (κ1) is 29.6. The molecule has 3 aromatic heterocycles. The van der Waals surface area contributed by atoms with Gasteiger partial charge in [0.15, 0.2) is 0 Å². The van der Waals surface area contributed by atoms with Crippen LogP contribution < -0.4 is 5.32 Å². The zero-order chi connectivity index (χ0) is 36.0. The molecule has 0 radical (unpaired) electrons. The van der Waals surface area contributed by atoms with Crippen LogP contribution in [-0.2, 0) is 22.7 Å². The standard InChI is InChI=1S/C41H47N5O2/c1-10-45-28(7)36(30-13-11-12-14-34(30)45)38-37(39(47)43-40(38)48)32-22-46(35-20-25(4)24(3)19-31(32)35)33-17-18-44(41(8,9)26(33)5)21-29-16-15-23(2)27(6)42-29/h11-16,19-20,22,26,33H,10,17-18,21H2,1-9H3,(H,43,47,48)/i15D,16D. The van der Waals surface area contributed by atoms with Crippen molar-refractivity contribution < 1.29 is 12.3 Å². The Morgan fingerprint density at radius 1 is 0.938 bits per heavy atom. The number of benzene rings is 2. The first-order chi connectivity index (χ1) is 23.7. The molecule has 5 aromatic rings. The molecular formula is C41H47N5O2. The number of amides is 2. The van der Waals surface area contributed by atoms with E-state index in [1.165, 1.54) is 5.56 Å². The number of likely N-dealkylation sites (tertiary alicyclic amines) is 1. The molecule has 2 atom stereocenters. The van der Waals surface area contributed by atoms with E-state index >= 15 is 0 Å². The number of hydrogen-bond acceptors (Lipinski definition) is 4. The molecule has 7 heteroatoms. The lowest BCUT2D eigenvalue weighted by atomic mass is 9.76. The summed E-state index contributed by atoms with van der Waals surface area (Å²) in [6.45, 7) is 21.0. The van der Waals surface area contributed by atoms with Crippen LogP contribution in [0.1, 0.15) is 87.8 Å². The maximum Gasteiger partial charge on any atom is 0.259 e. The Bertz CT molecular complexity index is 2290. The highest BCUT2D eigenvalue weighted by Gasteiger charge is 2.43. The maximum atomic E-state index is 13.9. The summed E-state index contributed by atoms with van der Waals surface area (Å²) in [5.41, 5.74) is 9.79. The number of aryl methyl sites for hydroxylation is 4. The van der Waals surface area contributed by atoms with Gasteiger partial charge in [-0.1, -0.05) is 31.2 Å². The molecule has 1 saturated heterocycles. The van der Waals surface area contributed by atoms with Gasteiger partial charge in [0, 0.05) is 81.7 Å². The molecule has 248 valence electrons. The molecule has 1 fully saturated rings. The second-order valence-corrected chi connectivity index (χ2v) is 14.4. The summed E-state index contributed by atoms with van der Waals surface area (Å²) in [4.78, 5) is 34.9. The molecule has 2 unspecified atom stereocenters. The predicted octanol–water partition coefficient (Wildman–Crippen LogP) is 7.98. The van der Waals surface area contributed by atoms with Crippen LogP contribution in [0.3, 0.4) is 0 Å². The van der Waals surface area contributed by atoms with Crippen LogP contribution in [0.2, 0.25) is 0 Å². The first-order valence-corrected chi connectivity index (χ1v) is 17.2. The van der Waals surface area contributed by atoms with Crippen molar-refractivity contribution in [1.29, 1.82) is 0 Å². The highest BCUT2D eigenvalue weighted by Crippen LogP contribution is 2.46. The van der Waals surface area contributed by atoms with Crippen molar-refractivity contribution in [3.63, 3.8) is 0 Å². The minimum absolute atomic E-state index is 0.113. The number of carbonyl (C=O) groups excluding carboxylic acids is 2. The van der Waals surface area contributed by atoms with E-state index in [2.05, 4.69) is 85.3 Å². The van der Waals surface area contributed by atoms with Gasteiger partial charge in [-0.25, -0.2) is 0 Å². The quantitative estimate of drug-likeness (QED) is 0.191. The summed E-state index contributed by atoms with van der Waals surface area (Å²) >= 11 is 0. The van der Waals surface area contributed by atoms with Gasteiger partial charge in [0.05, 0.1) is 19.6 Å². The third-order valence-corrected chi connectivity index (χ3v) is 11.6. The van der Waals surface area contributed by atoms with Gasteiger partial charge in [-0.3, -0.25) is 24.8 Å². The summed E-state index contributed by atoms with van der Waals surface area (Å²) < 4.78 is 21.7. The fourth-order valence-electron chi connectivity index (χ4n) is 8.16. The third-order valence-electron chi connectivity index (χ3n) is 11.6.